The maximum absolute atomic E-state index is 11.9. The van der Waals surface area contributed by atoms with Gasteiger partial charge in [-0.3, -0.25) is 9.13 Å². The van der Waals surface area contributed by atoms with Crippen molar-refractivity contribution in [2.45, 2.75) is 26.4 Å². The van der Waals surface area contributed by atoms with Gasteiger partial charge in [-0.2, -0.15) is 0 Å². The molecule has 4 nitrogen and oxygen atoms in total. The molecule has 2 aromatic rings. The lowest BCUT2D eigenvalue weighted by Gasteiger charge is -2.07. The topological polar surface area (TPSA) is 39.0 Å². The molecule has 19 heavy (non-hydrogen) atoms. The number of rotatable bonds is 6. The third-order valence-electron chi connectivity index (χ3n) is 2.89. The number of nitrogens with one attached hydrogen (secondary N) is 1. The van der Waals surface area contributed by atoms with E-state index in [1.165, 1.54) is 0 Å². The highest BCUT2D eigenvalue weighted by atomic mass is 79.9. The lowest BCUT2D eigenvalue weighted by atomic mass is 10.3. The van der Waals surface area contributed by atoms with Crippen molar-refractivity contribution in [3.8, 4) is 0 Å². The first kappa shape index (κ1) is 13.9. The van der Waals surface area contributed by atoms with E-state index in [0.29, 0.717) is 6.54 Å². The van der Waals surface area contributed by atoms with Gasteiger partial charge >= 0.3 is 5.69 Å². The Balaban J connectivity index is 1.91. The van der Waals surface area contributed by atoms with Crippen LogP contribution in [0, 0.1) is 0 Å². The number of halogens is 1. The quantitative estimate of drug-likeness (QED) is 0.887. The third-order valence-corrected chi connectivity index (χ3v) is 3.38. The molecule has 0 atom stereocenters. The Morgan fingerprint density at radius 3 is 2.63 bits per heavy atom. The van der Waals surface area contributed by atoms with Gasteiger partial charge in [-0.15, -0.1) is 0 Å². The van der Waals surface area contributed by atoms with Crippen molar-refractivity contribution in [2.75, 3.05) is 11.9 Å². The number of benzene rings is 1. The Morgan fingerprint density at radius 2 is 1.95 bits per heavy atom. The second kappa shape index (κ2) is 6.61. The van der Waals surface area contributed by atoms with E-state index in [0.717, 1.165) is 29.7 Å². The zero-order valence-corrected chi connectivity index (χ0v) is 12.6. The summed E-state index contributed by atoms with van der Waals surface area (Å²) in [6.07, 6.45) is 4.67. The van der Waals surface area contributed by atoms with Gasteiger partial charge < -0.3 is 5.32 Å². The number of aromatic nitrogens is 2. The van der Waals surface area contributed by atoms with E-state index in [4.69, 9.17) is 0 Å². The standard InChI is InChI=1S/C14H18BrN3O/c1-2-7-17-9-10-18(14(17)19)8-6-16-13-5-3-4-12(15)11-13/h3-5,9-11,16H,2,6-8H2,1H3. The molecule has 2 rings (SSSR count). The molecule has 0 bridgehead atoms. The van der Waals surface area contributed by atoms with Crippen molar-refractivity contribution >= 4 is 21.6 Å². The molecular weight excluding hydrogens is 306 g/mol. The lowest BCUT2D eigenvalue weighted by molar-refractivity contribution is 0.610. The zero-order valence-electron chi connectivity index (χ0n) is 11.0. The van der Waals surface area contributed by atoms with Gasteiger partial charge in [0.25, 0.3) is 0 Å². The lowest BCUT2D eigenvalue weighted by Crippen LogP contribution is -2.26. The van der Waals surface area contributed by atoms with Gasteiger partial charge in [-0.05, 0) is 24.6 Å². The maximum atomic E-state index is 11.9. The number of hydrogen-bond acceptors (Lipinski definition) is 2. The van der Waals surface area contributed by atoms with E-state index in [1.54, 1.807) is 9.13 Å². The molecule has 0 unspecified atom stereocenters. The van der Waals surface area contributed by atoms with Crippen LogP contribution in [0.2, 0.25) is 0 Å². The third kappa shape index (κ3) is 3.73. The molecule has 0 fully saturated rings. The van der Waals surface area contributed by atoms with Gasteiger partial charge in [-0.25, -0.2) is 4.79 Å². The van der Waals surface area contributed by atoms with Gasteiger partial charge in [-0.1, -0.05) is 28.9 Å². The average Bonchev–Trinajstić information content (AvgIpc) is 2.72. The van der Waals surface area contributed by atoms with E-state index < -0.39 is 0 Å². The van der Waals surface area contributed by atoms with Crippen LogP contribution in [0.4, 0.5) is 5.69 Å². The summed E-state index contributed by atoms with van der Waals surface area (Å²) in [6, 6.07) is 8.00. The zero-order chi connectivity index (χ0) is 13.7. The Morgan fingerprint density at radius 1 is 1.21 bits per heavy atom. The van der Waals surface area contributed by atoms with Crippen molar-refractivity contribution < 1.29 is 0 Å². The van der Waals surface area contributed by atoms with Gasteiger partial charge in [0.05, 0.1) is 0 Å². The van der Waals surface area contributed by atoms with E-state index in [9.17, 15) is 4.79 Å². The monoisotopic (exact) mass is 323 g/mol. The molecule has 0 spiro atoms. The van der Waals surface area contributed by atoms with Crippen molar-refractivity contribution in [1.82, 2.24) is 9.13 Å². The number of imidazole rings is 1. The summed E-state index contributed by atoms with van der Waals surface area (Å²) in [4.78, 5) is 11.9. The summed E-state index contributed by atoms with van der Waals surface area (Å²) in [7, 11) is 0. The number of hydrogen-bond donors (Lipinski definition) is 1. The first-order valence-corrected chi connectivity index (χ1v) is 7.25. The first-order valence-electron chi connectivity index (χ1n) is 6.45. The number of nitrogens with zero attached hydrogens (tertiary/aromatic N) is 2. The van der Waals surface area contributed by atoms with Crippen LogP contribution in [0.3, 0.4) is 0 Å². The Bertz CT molecular complexity index is 588. The minimum atomic E-state index is 0.0675. The summed E-state index contributed by atoms with van der Waals surface area (Å²) in [5.74, 6) is 0. The Kier molecular flexibility index (Phi) is 4.85. The van der Waals surface area contributed by atoms with Crippen molar-refractivity contribution in [1.29, 1.82) is 0 Å². The van der Waals surface area contributed by atoms with Gasteiger partial charge in [0.15, 0.2) is 0 Å². The molecule has 1 aromatic carbocycles. The van der Waals surface area contributed by atoms with Crippen molar-refractivity contribution in [2.24, 2.45) is 0 Å². The van der Waals surface area contributed by atoms with Crippen LogP contribution in [0.5, 0.6) is 0 Å². The van der Waals surface area contributed by atoms with E-state index in [1.807, 2.05) is 36.7 Å². The molecule has 0 aliphatic carbocycles. The van der Waals surface area contributed by atoms with Crippen molar-refractivity contribution in [3.63, 3.8) is 0 Å². The highest BCUT2D eigenvalue weighted by Crippen LogP contribution is 2.15. The molecular formula is C14H18BrN3O. The summed E-state index contributed by atoms with van der Waals surface area (Å²) < 4.78 is 4.53. The highest BCUT2D eigenvalue weighted by molar-refractivity contribution is 9.10. The fourth-order valence-corrected chi connectivity index (χ4v) is 2.35. The predicted octanol–water partition coefficient (Wildman–Crippen LogP) is 2.93. The molecule has 1 N–H and O–H groups in total. The molecule has 0 amide bonds. The van der Waals surface area contributed by atoms with Gasteiger partial charge in [0, 0.05) is 42.2 Å². The summed E-state index contributed by atoms with van der Waals surface area (Å²) >= 11 is 3.43. The van der Waals surface area contributed by atoms with Crippen LogP contribution < -0.4 is 11.0 Å². The molecule has 1 aromatic heterocycles. The van der Waals surface area contributed by atoms with Crippen LogP contribution in [0.15, 0.2) is 45.9 Å². The molecule has 0 radical (unpaired) electrons. The van der Waals surface area contributed by atoms with Gasteiger partial charge in [0.1, 0.15) is 0 Å². The smallest absolute Gasteiger partial charge is 0.328 e. The summed E-state index contributed by atoms with van der Waals surface area (Å²) in [5, 5.41) is 3.30. The minimum Gasteiger partial charge on any atom is -0.383 e. The number of aryl methyl sites for hydroxylation is 1. The predicted molar refractivity (Wildman–Crippen MR) is 81.6 cm³/mol. The van der Waals surface area contributed by atoms with Crippen LogP contribution in [-0.2, 0) is 13.1 Å². The van der Waals surface area contributed by atoms with E-state index >= 15 is 0 Å². The fraction of sp³-hybridized carbons (Fsp3) is 0.357. The highest BCUT2D eigenvalue weighted by Gasteiger charge is 2.01. The largest absolute Gasteiger partial charge is 0.383 e. The number of anilines is 1. The minimum absolute atomic E-state index is 0.0675. The van der Waals surface area contributed by atoms with E-state index in [2.05, 4.69) is 28.2 Å². The molecule has 0 aliphatic heterocycles. The van der Waals surface area contributed by atoms with E-state index in [-0.39, 0.29) is 5.69 Å². The molecule has 0 saturated carbocycles. The molecule has 5 heteroatoms. The Labute approximate surface area is 121 Å². The summed E-state index contributed by atoms with van der Waals surface area (Å²) in [5.41, 5.74) is 1.12. The van der Waals surface area contributed by atoms with Gasteiger partial charge in [0.2, 0.25) is 0 Å². The second-order valence-corrected chi connectivity index (χ2v) is 5.32. The normalized spacial score (nSPS) is 10.6. The molecule has 0 aliphatic rings. The molecule has 1 heterocycles. The SMILES string of the molecule is CCCn1ccn(CCNc2cccc(Br)c2)c1=O. The van der Waals surface area contributed by atoms with Crippen molar-refractivity contribution in [3.05, 3.63) is 51.6 Å². The fourth-order valence-electron chi connectivity index (χ4n) is 1.95. The summed E-state index contributed by atoms with van der Waals surface area (Å²) in [6.45, 7) is 4.25. The van der Waals surface area contributed by atoms with Crippen LogP contribution in [0.25, 0.3) is 0 Å². The maximum Gasteiger partial charge on any atom is 0.328 e. The van der Waals surface area contributed by atoms with Crippen LogP contribution >= 0.6 is 15.9 Å². The first-order chi connectivity index (χ1) is 9.20. The molecule has 0 saturated heterocycles. The average molecular weight is 324 g/mol. The van der Waals surface area contributed by atoms with Crippen LogP contribution in [-0.4, -0.2) is 15.7 Å². The van der Waals surface area contributed by atoms with Crippen LogP contribution in [0.1, 0.15) is 13.3 Å². The second-order valence-electron chi connectivity index (χ2n) is 4.40. The Hall–Kier alpha value is -1.49. The molecule has 102 valence electrons.